The molecule has 0 saturated carbocycles. The molecular weight excluding hydrogens is 277 g/mol. The second kappa shape index (κ2) is 4.43. The van der Waals surface area contributed by atoms with Crippen LogP contribution >= 0.6 is 27.3 Å². The lowest BCUT2D eigenvalue weighted by Crippen LogP contribution is -2.11. The Morgan fingerprint density at radius 2 is 2.13 bits per heavy atom. The minimum Gasteiger partial charge on any atom is -0.320 e. The van der Waals surface area contributed by atoms with Crippen molar-refractivity contribution < 1.29 is 4.39 Å². The average Bonchev–Trinajstić information content (AvgIpc) is 2.69. The monoisotopic (exact) mass is 285 g/mol. The van der Waals surface area contributed by atoms with Crippen molar-refractivity contribution in [3.8, 4) is 0 Å². The molecule has 1 atom stereocenters. The van der Waals surface area contributed by atoms with E-state index in [1.165, 1.54) is 17.4 Å². The van der Waals surface area contributed by atoms with Gasteiger partial charge in [0.25, 0.3) is 0 Å². The van der Waals surface area contributed by atoms with Gasteiger partial charge in [0, 0.05) is 14.9 Å². The Kier molecular flexibility index (Phi) is 3.19. The first kappa shape index (κ1) is 10.8. The van der Waals surface area contributed by atoms with E-state index >= 15 is 0 Å². The maximum absolute atomic E-state index is 13.6. The summed E-state index contributed by atoms with van der Waals surface area (Å²) in [5.41, 5.74) is 6.50. The van der Waals surface area contributed by atoms with E-state index in [1.807, 2.05) is 17.5 Å². The fraction of sp³-hybridized carbons (Fsp3) is 0.0909. The van der Waals surface area contributed by atoms with E-state index in [1.54, 1.807) is 12.1 Å². The minimum atomic E-state index is -0.377. The topological polar surface area (TPSA) is 26.0 Å². The van der Waals surface area contributed by atoms with Gasteiger partial charge in [0.1, 0.15) is 5.82 Å². The number of nitrogens with two attached hydrogens (primary N) is 1. The average molecular weight is 286 g/mol. The van der Waals surface area contributed by atoms with Gasteiger partial charge in [-0.1, -0.05) is 28.1 Å². The molecule has 0 bridgehead atoms. The molecule has 2 rings (SSSR count). The first-order valence-electron chi connectivity index (χ1n) is 4.42. The van der Waals surface area contributed by atoms with Crippen molar-refractivity contribution in [2.45, 2.75) is 6.04 Å². The maximum Gasteiger partial charge on any atom is 0.129 e. The summed E-state index contributed by atoms with van der Waals surface area (Å²) in [7, 11) is 0. The van der Waals surface area contributed by atoms with Crippen molar-refractivity contribution >= 4 is 27.3 Å². The Labute approximate surface area is 99.9 Å². The van der Waals surface area contributed by atoms with E-state index in [0.29, 0.717) is 5.56 Å². The first-order chi connectivity index (χ1) is 7.18. The normalized spacial score (nSPS) is 12.7. The highest BCUT2D eigenvalue weighted by atomic mass is 79.9. The molecule has 1 aromatic heterocycles. The van der Waals surface area contributed by atoms with Crippen LogP contribution in [-0.2, 0) is 0 Å². The van der Waals surface area contributed by atoms with Crippen molar-refractivity contribution in [1.29, 1.82) is 0 Å². The van der Waals surface area contributed by atoms with E-state index < -0.39 is 0 Å². The fourth-order valence-electron chi connectivity index (χ4n) is 1.38. The molecule has 4 heteroatoms. The van der Waals surface area contributed by atoms with Crippen LogP contribution in [0.25, 0.3) is 0 Å². The van der Waals surface area contributed by atoms with E-state index in [-0.39, 0.29) is 11.9 Å². The molecular formula is C11H9BrFNS. The molecule has 1 nitrogen and oxygen atoms in total. The number of hydrogen-bond donors (Lipinski definition) is 1. The first-order valence-corrected chi connectivity index (χ1v) is 6.09. The smallest absolute Gasteiger partial charge is 0.129 e. The Bertz CT molecular complexity index is 456. The standard InChI is InChI=1S/C11H9BrFNS/c12-7-3-4-8(9(13)6-7)11(14)10-2-1-5-15-10/h1-6,11H,14H2/t11-/m1/s1. The van der Waals surface area contributed by atoms with Crippen molar-refractivity contribution in [2.24, 2.45) is 5.73 Å². The molecule has 1 aromatic carbocycles. The zero-order valence-electron chi connectivity index (χ0n) is 7.78. The molecule has 0 amide bonds. The SMILES string of the molecule is N[C@@H](c1cccs1)c1ccc(Br)cc1F. The molecule has 0 saturated heterocycles. The van der Waals surface area contributed by atoms with E-state index in [4.69, 9.17) is 5.73 Å². The van der Waals surface area contributed by atoms with E-state index in [0.717, 1.165) is 9.35 Å². The predicted molar refractivity (Wildman–Crippen MR) is 64.4 cm³/mol. The second-order valence-corrected chi connectivity index (χ2v) is 5.05. The van der Waals surface area contributed by atoms with Crippen molar-refractivity contribution in [3.05, 3.63) is 56.4 Å². The number of thiophene rings is 1. The Balaban J connectivity index is 2.38. The Morgan fingerprint density at radius 1 is 1.33 bits per heavy atom. The number of hydrogen-bond acceptors (Lipinski definition) is 2. The largest absolute Gasteiger partial charge is 0.320 e. The molecule has 0 fully saturated rings. The quantitative estimate of drug-likeness (QED) is 0.895. The Morgan fingerprint density at radius 3 is 2.73 bits per heavy atom. The van der Waals surface area contributed by atoms with Crippen molar-refractivity contribution in [1.82, 2.24) is 0 Å². The third-order valence-electron chi connectivity index (χ3n) is 2.15. The summed E-state index contributed by atoms with van der Waals surface area (Å²) in [6, 6.07) is 8.39. The highest BCUT2D eigenvalue weighted by Crippen LogP contribution is 2.27. The van der Waals surface area contributed by atoms with Crippen LogP contribution in [0.5, 0.6) is 0 Å². The summed E-state index contributed by atoms with van der Waals surface area (Å²) in [6.07, 6.45) is 0. The summed E-state index contributed by atoms with van der Waals surface area (Å²) >= 11 is 4.75. The summed E-state index contributed by atoms with van der Waals surface area (Å²) in [4.78, 5) is 0.969. The lowest BCUT2D eigenvalue weighted by Gasteiger charge is -2.11. The summed E-state index contributed by atoms with van der Waals surface area (Å²) in [5, 5.41) is 1.94. The molecule has 1 heterocycles. The van der Waals surface area contributed by atoms with Crippen molar-refractivity contribution in [3.63, 3.8) is 0 Å². The van der Waals surface area contributed by atoms with Gasteiger partial charge in [0.2, 0.25) is 0 Å². The predicted octanol–water partition coefficient (Wildman–Crippen LogP) is 3.70. The molecule has 2 N–H and O–H groups in total. The molecule has 0 aliphatic carbocycles. The number of rotatable bonds is 2. The Hall–Kier alpha value is -0.710. The van der Waals surface area contributed by atoms with Gasteiger partial charge in [0.15, 0.2) is 0 Å². The van der Waals surface area contributed by atoms with Crippen LogP contribution in [0.2, 0.25) is 0 Å². The molecule has 0 radical (unpaired) electrons. The minimum absolute atomic E-state index is 0.273. The zero-order chi connectivity index (χ0) is 10.8. The summed E-state index contributed by atoms with van der Waals surface area (Å²) < 4.78 is 14.3. The van der Waals surface area contributed by atoms with Crippen LogP contribution < -0.4 is 5.73 Å². The maximum atomic E-state index is 13.6. The van der Waals surface area contributed by atoms with E-state index in [2.05, 4.69) is 15.9 Å². The lowest BCUT2D eigenvalue weighted by molar-refractivity contribution is 0.600. The highest BCUT2D eigenvalue weighted by Gasteiger charge is 2.14. The molecule has 2 aromatic rings. The molecule has 0 spiro atoms. The third kappa shape index (κ3) is 2.27. The fourth-order valence-corrected chi connectivity index (χ4v) is 2.45. The van der Waals surface area contributed by atoms with Gasteiger partial charge in [-0.05, 0) is 23.6 Å². The van der Waals surface area contributed by atoms with Crippen LogP contribution in [0.3, 0.4) is 0 Å². The van der Waals surface area contributed by atoms with Gasteiger partial charge in [-0.3, -0.25) is 0 Å². The van der Waals surface area contributed by atoms with Crippen LogP contribution in [0.4, 0.5) is 4.39 Å². The van der Waals surface area contributed by atoms with Gasteiger partial charge < -0.3 is 5.73 Å². The summed E-state index contributed by atoms with van der Waals surface area (Å²) in [6.45, 7) is 0. The lowest BCUT2D eigenvalue weighted by atomic mass is 10.1. The number of benzene rings is 1. The summed E-state index contributed by atoms with van der Waals surface area (Å²) in [5.74, 6) is -0.273. The van der Waals surface area contributed by atoms with Gasteiger partial charge in [-0.15, -0.1) is 11.3 Å². The third-order valence-corrected chi connectivity index (χ3v) is 3.60. The van der Waals surface area contributed by atoms with Crippen molar-refractivity contribution in [2.75, 3.05) is 0 Å². The molecule has 0 unspecified atom stereocenters. The molecule has 0 aliphatic rings. The molecule has 0 aliphatic heterocycles. The van der Waals surface area contributed by atoms with Crippen LogP contribution in [0.1, 0.15) is 16.5 Å². The van der Waals surface area contributed by atoms with Crippen LogP contribution in [-0.4, -0.2) is 0 Å². The molecule has 15 heavy (non-hydrogen) atoms. The molecule has 78 valence electrons. The second-order valence-electron chi connectivity index (χ2n) is 3.16. The van der Waals surface area contributed by atoms with E-state index in [9.17, 15) is 4.39 Å². The van der Waals surface area contributed by atoms with Crippen LogP contribution in [0.15, 0.2) is 40.2 Å². The highest BCUT2D eigenvalue weighted by molar-refractivity contribution is 9.10. The van der Waals surface area contributed by atoms with Gasteiger partial charge in [-0.2, -0.15) is 0 Å². The van der Waals surface area contributed by atoms with Gasteiger partial charge in [-0.25, -0.2) is 4.39 Å². The number of halogens is 2. The van der Waals surface area contributed by atoms with Gasteiger partial charge in [0.05, 0.1) is 6.04 Å². The van der Waals surface area contributed by atoms with Gasteiger partial charge >= 0.3 is 0 Å². The zero-order valence-corrected chi connectivity index (χ0v) is 10.2. The van der Waals surface area contributed by atoms with Crippen LogP contribution in [0, 0.1) is 5.82 Å².